The first-order valence-corrected chi connectivity index (χ1v) is 7.18. The van der Waals surface area contributed by atoms with Crippen LogP contribution in [0.5, 0.6) is 0 Å². The normalized spacial score (nSPS) is 17.6. The molecule has 1 aromatic carbocycles. The molecule has 1 aliphatic heterocycles. The van der Waals surface area contributed by atoms with Crippen molar-refractivity contribution in [3.8, 4) is 0 Å². The van der Waals surface area contributed by atoms with E-state index < -0.39 is 21.1 Å². The number of ether oxygens (including phenoxy) is 1. The van der Waals surface area contributed by atoms with E-state index in [1.807, 2.05) is 0 Å². The number of nitrogen functional groups attached to an aromatic ring is 1. The first kappa shape index (κ1) is 13.1. The number of nitrogens with one attached hydrogen (secondary N) is 1. The zero-order valence-corrected chi connectivity index (χ0v) is 10.5. The first-order valence-electron chi connectivity index (χ1n) is 5.63. The second kappa shape index (κ2) is 5.11. The largest absolute Gasteiger partial charge is 0.396 e. The third-order valence-electron chi connectivity index (χ3n) is 2.87. The summed E-state index contributed by atoms with van der Waals surface area (Å²) in [4.78, 5) is 0. The van der Waals surface area contributed by atoms with E-state index >= 15 is 0 Å². The van der Waals surface area contributed by atoms with Crippen molar-refractivity contribution in [1.82, 2.24) is 0 Å². The Morgan fingerprint density at radius 1 is 1.33 bits per heavy atom. The molecule has 0 aliphatic carbocycles. The van der Waals surface area contributed by atoms with Crippen molar-refractivity contribution in [2.24, 2.45) is 0 Å². The Morgan fingerprint density at radius 2 is 2.00 bits per heavy atom. The Balaban J connectivity index is 2.13. The number of anilines is 2. The molecule has 7 heteroatoms. The van der Waals surface area contributed by atoms with Crippen LogP contribution in [0.3, 0.4) is 0 Å². The van der Waals surface area contributed by atoms with Gasteiger partial charge < -0.3 is 10.5 Å². The van der Waals surface area contributed by atoms with Gasteiger partial charge in [0.05, 0.1) is 16.6 Å². The number of sulfonamides is 1. The quantitative estimate of drug-likeness (QED) is 0.815. The van der Waals surface area contributed by atoms with Crippen LogP contribution in [-0.2, 0) is 14.8 Å². The minimum Gasteiger partial charge on any atom is -0.396 e. The summed E-state index contributed by atoms with van der Waals surface area (Å²) in [6.45, 7) is 0.864. The van der Waals surface area contributed by atoms with Crippen LogP contribution in [0.25, 0.3) is 0 Å². The first-order chi connectivity index (χ1) is 8.49. The molecule has 1 fully saturated rings. The molecule has 1 aliphatic rings. The van der Waals surface area contributed by atoms with E-state index in [1.165, 1.54) is 12.1 Å². The summed E-state index contributed by atoms with van der Waals surface area (Å²) in [5.74, 6) is -0.637. The third-order valence-corrected chi connectivity index (χ3v) is 4.74. The van der Waals surface area contributed by atoms with Gasteiger partial charge in [0.1, 0.15) is 5.82 Å². The highest BCUT2D eigenvalue weighted by molar-refractivity contribution is 7.93. The van der Waals surface area contributed by atoms with Crippen molar-refractivity contribution in [2.75, 3.05) is 23.7 Å². The number of hydrogen-bond acceptors (Lipinski definition) is 4. The van der Waals surface area contributed by atoms with Crippen molar-refractivity contribution in [2.45, 2.75) is 18.1 Å². The van der Waals surface area contributed by atoms with Crippen LogP contribution in [0.2, 0.25) is 0 Å². The molecular formula is C11H15FN2O3S. The van der Waals surface area contributed by atoms with Crippen molar-refractivity contribution in [3.63, 3.8) is 0 Å². The lowest BCUT2D eigenvalue weighted by Crippen LogP contribution is -2.33. The van der Waals surface area contributed by atoms with E-state index in [0.717, 1.165) is 6.07 Å². The minimum absolute atomic E-state index is 0.0102. The topological polar surface area (TPSA) is 81.4 Å². The van der Waals surface area contributed by atoms with Gasteiger partial charge in [0.2, 0.25) is 10.0 Å². The van der Waals surface area contributed by atoms with Crippen molar-refractivity contribution in [3.05, 3.63) is 24.0 Å². The van der Waals surface area contributed by atoms with Crippen molar-refractivity contribution in [1.29, 1.82) is 0 Å². The fourth-order valence-corrected chi connectivity index (χ4v) is 3.26. The van der Waals surface area contributed by atoms with Crippen molar-refractivity contribution >= 4 is 21.4 Å². The predicted molar refractivity (Wildman–Crippen MR) is 67.2 cm³/mol. The zero-order chi connectivity index (χ0) is 13.2. The van der Waals surface area contributed by atoms with Gasteiger partial charge in [-0.25, -0.2) is 12.8 Å². The highest BCUT2D eigenvalue weighted by Gasteiger charge is 2.27. The molecule has 5 nitrogen and oxygen atoms in total. The summed E-state index contributed by atoms with van der Waals surface area (Å²) < 4.78 is 44.8. The molecule has 0 unspecified atom stereocenters. The number of rotatable bonds is 3. The smallest absolute Gasteiger partial charge is 0.235 e. The summed E-state index contributed by atoms with van der Waals surface area (Å²) in [7, 11) is -3.50. The molecule has 100 valence electrons. The molecular weight excluding hydrogens is 259 g/mol. The lowest BCUT2D eigenvalue weighted by Gasteiger charge is -2.22. The summed E-state index contributed by atoms with van der Waals surface area (Å²) in [6.07, 6.45) is 0.902. The molecule has 0 spiro atoms. The molecule has 1 saturated heterocycles. The van der Waals surface area contributed by atoms with Crippen LogP contribution in [0.1, 0.15) is 12.8 Å². The highest BCUT2D eigenvalue weighted by Crippen LogP contribution is 2.21. The number of benzene rings is 1. The maximum Gasteiger partial charge on any atom is 0.235 e. The minimum atomic E-state index is -3.50. The Bertz CT molecular complexity index is 527. The fraction of sp³-hybridized carbons (Fsp3) is 0.455. The van der Waals surface area contributed by atoms with Crippen LogP contribution < -0.4 is 10.5 Å². The molecule has 18 heavy (non-hydrogen) atoms. The molecule has 0 radical (unpaired) electrons. The van der Waals surface area contributed by atoms with Gasteiger partial charge in [-0.05, 0) is 25.0 Å². The van der Waals surface area contributed by atoms with Gasteiger partial charge in [0, 0.05) is 19.3 Å². The van der Waals surface area contributed by atoms with Crippen LogP contribution in [0.15, 0.2) is 18.2 Å². The second-order valence-corrected chi connectivity index (χ2v) is 6.16. The van der Waals surface area contributed by atoms with Gasteiger partial charge >= 0.3 is 0 Å². The lowest BCUT2D eigenvalue weighted by molar-refractivity contribution is 0.0984. The van der Waals surface area contributed by atoms with E-state index in [9.17, 15) is 12.8 Å². The Kier molecular flexibility index (Phi) is 3.72. The van der Waals surface area contributed by atoms with Gasteiger partial charge in [-0.1, -0.05) is 0 Å². The average molecular weight is 274 g/mol. The monoisotopic (exact) mass is 274 g/mol. The predicted octanol–water partition coefficient (Wildman–Crippen LogP) is 1.33. The molecule has 0 aromatic heterocycles. The lowest BCUT2D eigenvalue weighted by atomic mass is 10.2. The number of halogens is 1. The van der Waals surface area contributed by atoms with E-state index in [0.29, 0.717) is 26.1 Å². The van der Waals surface area contributed by atoms with Crippen LogP contribution in [-0.4, -0.2) is 26.9 Å². The molecule has 1 aromatic rings. The van der Waals surface area contributed by atoms with Gasteiger partial charge in [-0.15, -0.1) is 0 Å². The average Bonchev–Trinajstić information content (AvgIpc) is 2.35. The standard InChI is InChI=1S/C11H15FN2O3S/c12-10-7-8(1-2-11(10)13)14-18(15,16)9-3-5-17-6-4-9/h1-2,7,9,14H,3-6,13H2. The van der Waals surface area contributed by atoms with Gasteiger partial charge in [0.15, 0.2) is 0 Å². The van der Waals surface area contributed by atoms with Gasteiger partial charge in [0.25, 0.3) is 0 Å². The van der Waals surface area contributed by atoms with Crippen LogP contribution >= 0.6 is 0 Å². The fourth-order valence-electron chi connectivity index (χ4n) is 1.82. The SMILES string of the molecule is Nc1ccc(NS(=O)(=O)C2CCOCC2)cc1F. The van der Waals surface area contributed by atoms with E-state index in [4.69, 9.17) is 10.5 Å². The summed E-state index contributed by atoms with van der Waals surface area (Å²) in [6, 6.07) is 3.85. The molecule has 0 amide bonds. The van der Waals surface area contributed by atoms with E-state index in [-0.39, 0.29) is 11.4 Å². The summed E-state index contributed by atoms with van der Waals surface area (Å²) in [5.41, 5.74) is 5.50. The summed E-state index contributed by atoms with van der Waals surface area (Å²) >= 11 is 0. The highest BCUT2D eigenvalue weighted by atomic mass is 32.2. The van der Waals surface area contributed by atoms with E-state index in [2.05, 4.69) is 4.72 Å². The number of nitrogens with two attached hydrogens (primary N) is 1. The Hall–Kier alpha value is -1.34. The zero-order valence-electron chi connectivity index (χ0n) is 9.73. The van der Waals surface area contributed by atoms with Crippen molar-refractivity contribution < 1.29 is 17.5 Å². The second-order valence-electron chi connectivity index (χ2n) is 4.20. The number of hydrogen-bond donors (Lipinski definition) is 2. The van der Waals surface area contributed by atoms with Crippen LogP contribution in [0, 0.1) is 5.82 Å². The van der Waals surface area contributed by atoms with Gasteiger partial charge in [-0.3, -0.25) is 4.72 Å². The Labute approximate surface area is 105 Å². The molecule has 3 N–H and O–H groups in total. The molecule has 2 rings (SSSR count). The Morgan fingerprint density at radius 3 is 2.61 bits per heavy atom. The van der Waals surface area contributed by atoms with Crippen LogP contribution in [0.4, 0.5) is 15.8 Å². The summed E-state index contributed by atoms with van der Waals surface area (Å²) in [5, 5.41) is -0.494. The van der Waals surface area contributed by atoms with Gasteiger partial charge in [-0.2, -0.15) is 0 Å². The molecule has 0 atom stereocenters. The molecule has 0 bridgehead atoms. The molecule has 1 heterocycles. The van der Waals surface area contributed by atoms with E-state index in [1.54, 1.807) is 0 Å². The maximum absolute atomic E-state index is 13.2. The molecule has 0 saturated carbocycles. The third kappa shape index (κ3) is 2.91. The maximum atomic E-state index is 13.2.